The van der Waals surface area contributed by atoms with Crippen LogP contribution in [0.15, 0.2) is 34.9 Å². The van der Waals surface area contributed by atoms with E-state index < -0.39 is 0 Å². The van der Waals surface area contributed by atoms with Gasteiger partial charge in [0.1, 0.15) is 5.76 Å². The quantitative estimate of drug-likeness (QED) is 0.803. The highest BCUT2D eigenvalue weighted by Gasteiger charge is 2.08. The first-order valence-corrected chi connectivity index (χ1v) is 5.06. The fraction of sp³-hybridized carbons (Fsp3) is 0.231. The molecule has 0 saturated heterocycles. The lowest BCUT2D eigenvalue weighted by Crippen LogP contribution is -1.95. The van der Waals surface area contributed by atoms with Gasteiger partial charge >= 0.3 is 0 Å². The fourth-order valence-electron chi connectivity index (χ4n) is 1.79. The molecule has 0 saturated carbocycles. The Morgan fingerprint density at radius 2 is 1.87 bits per heavy atom. The van der Waals surface area contributed by atoms with Gasteiger partial charge in [-0.05, 0) is 49.2 Å². The van der Waals surface area contributed by atoms with Gasteiger partial charge in [0, 0.05) is 18.3 Å². The van der Waals surface area contributed by atoms with Crippen LogP contribution in [0, 0.1) is 13.8 Å². The van der Waals surface area contributed by atoms with Gasteiger partial charge in [0.25, 0.3) is 0 Å². The Bertz CT molecular complexity index is 458. The van der Waals surface area contributed by atoms with E-state index in [-0.39, 0.29) is 0 Å². The topological polar surface area (TPSA) is 25.2 Å². The van der Waals surface area contributed by atoms with Crippen LogP contribution in [0.1, 0.15) is 11.1 Å². The Labute approximate surface area is 89.9 Å². The van der Waals surface area contributed by atoms with Crippen molar-refractivity contribution in [3.63, 3.8) is 0 Å². The molecule has 0 fully saturated rings. The van der Waals surface area contributed by atoms with Crippen LogP contribution in [0.5, 0.6) is 0 Å². The predicted molar refractivity (Wildman–Crippen MR) is 63.2 cm³/mol. The molecular weight excluding hydrogens is 186 g/mol. The van der Waals surface area contributed by atoms with Crippen molar-refractivity contribution in [1.82, 2.24) is 0 Å². The van der Waals surface area contributed by atoms with E-state index in [2.05, 4.69) is 31.3 Å². The average molecular weight is 201 g/mol. The molecule has 0 unspecified atom stereocenters. The molecular formula is C13H15NO. The minimum Gasteiger partial charge on any atom is -0.464 e. The van der Waals surface area contributed by atoms with Gasteiger partial charge in [0.05, 0.1) is 6.26 Å². The first-order chi connectivity index (χ1) is 7.24. The van der Waals surface area contributed by atoms with Gasteiger partial charge in [0.15, 0.2) is 0 Å². The van der Waals surface area contributed by atoms with Gasteiger partial charge in [-0.2, -0.15) is 0 Å². The second-order valence-electron chi connectivity index (χ2n) is 3.64. The number of hydrogen-bond donors (Lipinski definition) is 1. The van der Waals surface area contributed by atoms with Crippen LogP contribution in [0.25, 0.3) is 11.3 Å². The maximum Gasteiger partial charge on any atom is 0.134 e. The van der Waals surface area contributed by atoms with E-state index in [1.54, 1.807) is 6.26 Å². The van der Waals surface area contributed by atoms with Gasteiger partial charge in [-0.3, -0.25) is 0 Å². The second kappa shape index (κ2) is 3.81. The van der Waals surface area contributed by atoms with Crippen molar-refractivity contribution < 1.29 is 4.42 Å². The summed E-state index contributed by atoms with van der Waals surface area (Å²) in [6, 6.07) is 8.07. The summed E-state index contributed by atoms with van der Waals surface area (Å²) in [6.45, 7) is 4.24. The van der Waals surface area contributed by atoms with Crippen LogP contribution < -0.4 is 5.32 Å². The molecule has 78 valence electrons. The Morgan fingerprint density at radius 3 is 2.47 bits per heavy atom. The lowest BCUT2D eigenvalue weighted by molar-refractivity contribution is 0.582. The highest BCUT2D eigenvalue weighted by atomic mass is 16.3. The van der Waals surface area contributed by atoms with Crippen LogP contribution >= 0.6 is 0 Å². The summed E-state index contributed by atoms with van der Waals surface area (Å²) in [7, 11) is 1.94. The zero-order valence-corrected chi connectivity index (χ0v) is 9.29. The minimum atomic E-state index is 0.929. The third kappa shape index (κ3) is 1.63. The lowest BCUT2D eigenvalue weighted by Gasteiger charge is -2.11. The molecule has 0 aliphatic heterocycles. The summed E-state index contributed by atoms with van der Waals surface area (Å²) in [6.07, 6.45) is 1.70. The molecule has 1 aromatic heterocycles. The Balaban J connectivity index is 2.56. The second-order valence-corrected chi connectivity index (χ2v) is 3.64. The van der Waals surface area contributed by atoms with Gasteiger partial charge in [-0.15, -0.1) is 0 Å². The summed E-state index contributed by atoms with van der Waals surface area (Å²) in [5.41, 5.74) is 4.86. The zero-order valence-electron chi connectivity index (χ0n) is 9.29. The van der Waals surface area contributed by atoms with Crippen molar-refractivity contribution in [2.24, 2.45) is 0 Å². The van der Waals surface area contributed by atoms with Crippen molar-refractivity contribution in [2.45, 2.75) is 13.8 Å². The molecule has 2 rings (SSSR count). The molecule has 0 atom stereocenters. The van der Waals surface area contributed by atoms with Crippen molar-refractivity contribution >= 4 is 5.69 Å². The van der Waals surface area contributed by atoms with E-state index in [0.717, 1.165) is 11.3 Å². The summed E-state index contributed by atoms with van der Waals surface area (Å²) in [4.78, 5) is 0. The fourth-order valence-corrected chi connectivity index (χ4v) is 1.79. The number of rotatable bonds is 2. The Morgan fingerprint density at radius 1 is 1.07 bits per heavy atom. The number of anilines is 1. The standard InChI is InChI=1S/C13H15NO/c1-9-10(2)12(14-3)7-6-11(9)13-5-4-8-15-13/h4-8,14H,1-3H3. The minimum absolute atomic E-state index is 0.929. The number of benzene rings is 1. The molecule has 15 heavy (non-hydrogen) atoms. The molecule has 0 aliphatic carbocycles. The highest BCUT2D eigenvalue weighted by molar-refractivity contribution is 5.69. The molecule has 0 amide bonds. The van der Waals surface area contributed by atoms with Crippen LogP contribution in [0.2, 0.25) is 0 Å². The average Bonchev–Trinajstić information content (AvgIpc) is 2.75. The van der Waals surface area contributed by atoms with Crippen molar-refractivity contribution in [1.29, 1.82) is 0 Å². The van der Waals surface area contributed by atoms with E-state index in [1.807, 2.05) is 19.2 Å². The molecule has 2 nitrogen and oxygen atoms in total. The first kappa shape index (κ1) is 9.84. The van der Waals surface area contributed by atoms with Gasteiger partial charge in [-0.25, -0.2) is 0 Å². The summed E-state index contributed by atoms with van der Waals surface area (Å²) in [5, 5.41) is 3.18. The predicted octanol–water partition coefficient (Wildman–Crippen LogP) is 3.61. The van der Waals surface area contributed by atoms with Crippen molar-refractivity contribution in [2.75, 3.05) is 12.4 Å². The Hall–Kier alpha value is -1.70. The van der Waals surface area contributed by atoms with Crippen LogP contribution in [0.4, 0.5) is 5.69 Å². The largest absolute Gasteiger partial charge is 0.464 e. The molecule has 0 aliphatic rings. The van der Waals surface area contributed by atoms with Gasteiger partial charge in [-0.1, -0.05) is 0 Å². The Kier molecular flexibility index (Phi) is 2.50. The molecule has 2 heteroatoms. The SMILES string of the molecule is CNc1ccc(-c2ccco2)c(C)c1C. The van der Waals surface area contributed by atoms with Crippen LogP contribution in [-0.2, 0) is 0 Å². The van der Waals surface area contributed by atoms with E-state index in [0.29, 0.717) is 0 Å². The third-order valence-electron chi connectivity index (χ3n) is 2.84. The molecule has 1 N–H and O–H groups in total. The first-order valence-electron chi connectivity index (χ1n) is 5.06. The summed E-state index contributed by atoms with van der Waals surface area (Å²) in [5.74, 6) is 0.929. The number of furan rings is 1. The summed E-state index contributed by atoms with van der Waals surface area (Å²) >= 11 is 0. The number of nitrogens with one attached hydrogen (secondary N) is 1. The smallest absolute Gasteiger partial charge is 0.134 e. The van der Waals surface area contributed by atoms with Crippen LogP contribution in [-0.4, -0.2) is 7.05 Å². The van der Waals surface area contributed by atoms with E-state index in [1.165, 1.54) is 16.8 Å². The molecule has 1 aromatic carbocycles. The molecule has 0 spiro atoms. The zero-order chi connectivity index (χ0) is 10.8. The highest BCUT2D eigenvalue weighted by Crippen LogP contribution is 2.29. The molecule has 2 aromatic rings. The van der Waals surface area contributed by atoms with E-state index in [4.69, 9.17) is 4.42 Å². The van der Waals surface area contributed by atoms with Crippen molar-refractivity contribution in [3.05, 3.63) is 41.7 Å². The molecule has 1 heterocycles. The summed E-state index contributed by atoms with van der Waals surface area (Å²) < 4.78 is 5.41. The molecule has 0 radical (unpaired) electrons. The maximum absolute atomic E-state index is 5.41. The normalized spacial score (nSPS) is 10.3. The molecule has 0 bridgehead atoms. The van der Waals surface area contributed by atoms with E-state index in [9.17, 15) is 0 Å². The number of hydrogen-bond acceptors (Lipinski definition) is 2. The van der Waals surface area contributed by atoms with E-state index >= 15 is 0 Å². The van der Waals surface area contributed by atoms with Gasteiger partial charge < -0.3 is 9.73 Å². The van der Waals surface area contributed by atoms with Crippen LogP contribution in [0.3, 0.4) is 0 Å². The van der Waals surface area contributed by atoms with Crippen molar-refractivity contribution in [3.8, 4) is 11.3 Å². The monoisotopic (exact) mass is 201 g/mol. The maximum atomic E-state index is 5.41. The third-order valence-corrected chi connectivity index (χ3v) is 2.84. The lowest BCUT2D eigenvalue weighted by atomic mass is 10.00. The van der Waals surface area contributed by atoms with Gasteiger partial charge in [0.2, 0.25) is 0 Å².